The predicted octanol–water partition coefficient (Wildman–Crippen LogP) is 3.54. The molecule has 0 unspecified atom stereocenters. The van der Waals surface area contributed by atoms with Crippen LogP contribution >= 0.6 is 11.5 Å². The monoisotopic (exact) mass is 291 g/mol. The standard InChI is InChI=1S/C15H21N3OS/c1-4-18(10-12-8-6-5-7-9-12)15-13(19-11(2)3)14(16)17-20-15/h5-9,11H,4,10H2,1-3H3,(H2,16,17). The first-order valence-electron chi connectivity index (χ1n) is 6.82. The van der Waals surface area contributed by atoms with Crippen LogP contribution in [0.4, 0.5) is 10.8 Å². The summed E-state index contributed by atoms with van der Waals surface area (Å²) in [6.45, 7) is 7.82. The lowest BCUT2D eigenvalue weighted by molar-refractivity contribution is 0.245. The maximum absolute atomic E-state index is 5.92. The number of anilines is 2. The summed E-state index contributed by atoms with van der Waals surface area (Å²) in [6.07, 6.45) is 0.0860. The normalized spacial score (nSPS) is 10.8. The number of hydrogen-bond acceptors (Lipinski definition) is 5. The second-order valence-electron chi connectivity index (χ2n) is 4.87. The number of nitrogen functional groups attached to an aromatic ring is 1. The topological polar surface area (TPSA) is 51.4 Å². The molecular formula is C15H21N3OS. The van der Waals surface area contributed by atoms with Crippen LogP contribution in [0.5, 0.6) is 5.75 Å². The van der Waals surface area contributed by atoms with E-state index in [4.69, 9.17) is 10.5 Å². The van der Waals surface area contributed by atoms with E-state index >= 15 is 0 Å². The van der Waals surface area contributed by atoms with E-state index in [1.807, 2.05) is 19.9 Å². The third-order valence-corrected chi connectivity index (χ3v) is 3.80. The zero-order valence-corrected chi connectivity index (χ0v) is 13.0. The third-order valence-electron chi connectivity index (χ3n) is 2.90. The molecule has 5 heteroatoms. The van der Waals surface area contributed by atoms with Gasteiger partial charge in [-0.15, -0.1) is 0 Å². The van der Waals surface area contributed by atoms with Gasteiger partial charge in [0.1, 0.15) is 0 Å². The molecule has 0 aliphatic rings. The summed E-state index contributed by atoms with van der Waals surface area (Å²) in [5, 5.41) is 1.00. The van der Waals surface area contributed by atoms with E-state index < -0.39 is 0 Å². The van der Waals surface area contributed by atoms with Gasteiger partial charge in [-0.05, 0) is 37.9 Å². The molecule has 0 aliphatic heterocycles. The number of nitrogens with two attached hydrogens (primary N) is 1. The van der Waals surface area contributed by atoms with Crippen LogP contribution in [0, 0.1) is 0 Å². The Hall–Kier alpha value is -1.75. The Morgan fingerprint density at radius 3 is 2.60 bits per heavy atom. The van der Waals surface area contributed by atoms with Gasteiger partial charge in [0.25, 0.3) is 0 Å². The van der Waals surface area contributed by atoms with Crippen molar-refractivity contribution < 1.29 is 4.74 Å². The van der Waals surface area contributed by atoms with Crippen molar-refractivity contribution in [3.63, 3.8) is 0 Å². The Bertz CT molecular complexity index is 539. The van der Waals surface area contributed by atoms with E-state index in [1.54, 1.807) is 0 Å². The molecule has 0 saturated heterocycles. The van der Waals surface area contributed by atoms with Gasteiger partial charge in [0.15, 0.2) is 16.6 Å². The Morgan fingerprint density at radius 1 is 1.30 bits per heavy atom. The summed E-state index contributed by atoms with van der Waals surface area (Å²) in [5.41, 5.74) is 7.18. The fourth-order valence-electron chi connectivity index (χ4n) is 1.96. The average molecular weight is 291 g/mol. The summed E-state index contributed by atoms with van der Waals surface area (Å²) in [4.78, 5) is 2.24. The summed E-state index contributed by atoms with van der Waals surface area (Å²) < 4.78 is 10.1. The third kappa shape index (κ3) is 3.42. The van der Waals surface area contributed by atoms with Crippen LogP contribution in [0.1, 0.15) is 26.3 Å². The fraction of sp³-hybridized carbons (Fsp3) is 0.400. The largest absolute Gasteiger partial charge is 0.484 e. The maximum atomic E-state index is 5.92. The first kappa shape index (κ1) is 14.7. The van der Waals surface area contributed by atoms with Gasteiger partial charge in [-0.1, -0.05) is 30.3 Å². The second kappa shape index (κ2) is 6.61. The van der Waals surface area contributed by atoms with Gasteiger partial charge in [-0.3, -0.25) is 0 Å². The molecule has 2 aromatic rings. The van der Waals surface area contributed by atoms with E-state index in [1.165, 1.54) is 17.1 Å². The van der Waals surface area contributed by atoms with Crippen molar-refractivity contribution in [1.82, 2.24) is 4.37 Å². The molecule has 0 saturated carbocycles. The lowest BCUT2D eigenvalue weighted by atomic mass is 10.2. The highest BCUT2D eigenvalue weighted by atomic mass is 32.1. The van der Waals surface area contributed by atoms with Crippen molar-refractivity contribution in [2.45, 2.75) is 33.4 Å². The smallest absolute Gasteiger partial charge is 0.198 e. The summed E-state index contributed by atoms with van der Waals surface area (Å²) in [6, 6.07) is 10.4. The minimum absolute atomic E-state index is 0.0860. The van der Waals surface area contributed by atoms with Gasteiger partial charge in [-0.2, -0.15) is 4.37 Å². The first-order valence-corrected chi connectivity index (χ1v) is 7.59. The van der Waals surface area contributed by atoms with Crippen molar-refractivity contribution >= 4 is 22.4 Å². The van der Waals surface area contributed by atoms with Crippen LogP contribution < -0.4 is 15.4 Å². The summed E-state index contributed by atoms with van der Waals surface area (Å²) >= 11 is 1.40. The molecule has 2 rings (SSSR count). The van der Waals surface area contributed by atoms with E-state index in [0.29, 0.717) is 11.6 Å². The Balaban J connectivity index is 2.23. The molecule has 2 N–H and O–H groups in total. The quantitative estimate of drug-likeness (QED) is 0.884. The molecule has 0 fully saturated rings. The number of rotatable bonds is 6. The fourth-order valence-corrected chi connectivity index (χ4v) is 2.78. The molecule has 0 bridgehead atoms. The molecule has 1 heterocycles. The molecule has 0 spiro atoms. The van der Waals surface area contributed by atoms with Crippen molar-refractivity contribution in [2.75, 3.05) is 17.2 Å². The highest BCUT2D eigenvalue weighted by Gasteiger charge is 2.19. The van der Waals surface area contributed by atoms with E-state index in [2.05, 4.69) is 40.5 Å². The number of hydrogen-bond donors (Lipinski definition) is 1. The van der Waals surface area contributed by atoms with E-state index in [9.17, 15) is 0 Å². The van der Waals surface area contributed by atoms with E-state index in [-0.39, 0.29) is 6.10 Å². The number of benzene rings is 1. The highest BCUT2D eigenvalue weighted by molar-refractivity contribution is 7.11. The Morgan fingerprint density at radius 2 is 2.00 bits per heavy atom. The van der Waals surface area contributed by atoms with Gasteiger partial charge < -0.3 is 15.4 Å². The van der Waals surface area contributed by atoms with Crippen LogP contribution in [0.25, 0.3) is 0 Å². The molecule has 0 radical (unpaired) electrons. The van der Waals surface area contributed by atoms with Gasteiger partial charge >= 0.3 is 0 Å². The summed E-state index contributed by atoms with van der Waals surface area (Å²) in [5.74, 6) is 1.19. The summed E-state index contributed by atoms with van der Waals surface area (Å²) in [7, 11) is 0. The zero-order valence-electron chi connectivity index (χ0n) is 12.2. The Kier molecular flexibility index (Phi) is 4.84. The first-order chi connectivity index (χ1) is 9.61. The molecule has 0 atom stereocenters. The molecule has 4 nitrogen and oxygen atoms in total. The van der Waals surface area contributed by atoms with Gasteiger partial charge in [-0.25, -0.2) is 0 Å². The molecule has 108 valence electrons. The van der Waals surface area contributed by atoms with Crippen LogP contribution in [0.15, 0.2) is 30.3 Å². The SMILES string of the molecule is CCN(Cc1ccccc1)c1snc(N)c1OC(C)C. The molecule has 0 aliphatic carbocycles. The van der Waals surface area contributed by atoms with Crippen molar-refractivity contribution in [3.8, 4) is 5.75 Å². The molecule has 20 heavy (non-hydrogen) atoms. The second-order valence-corrected chi connectivity index (χ2v) is 5.62. The van der Waals surface area contributed by atoms with E-state index in [0.717, 1.165) is 18.1 Å². The predicted molar refractivity (Wildman–Crippen MR) is 85.5 cm³/mol. The number of ether oxygens (including phenoxy) is 1. The van der Waals surface area contributed by atoms with Crippen molar-refractivity contribution in [3.05, 3.63) is 35.9 Å². The molecule has 1 aromatic carbocycles. The maximum Gasteiger partial charge on any atom is 0.198 e. The molecular weight excluding hydrogens is 270 g/mol. The number of nitrogens with zero attached hydrogens (tertiary/aromatic N) is 2. The van der Waals surface area contributed by atoms with Crippen LogP contribution in [0.2, 0.25) is 0 Å². The minimum atomic E-state index is 0.0860. The highest BCUT2D eigenvalue weighted by Crippen LogP contribution is 2.39. The van der Waals surface area contributed by atoms with Crippen LogP contribution in [0.3, 0.4) is 0 Å². The molecule has 1 aromatic heterocycles. The number of aromatic nitrogens is 1. The molecule has 0 amide bonds. The zero-order chi connectivity index (χ0) is 14.5. The lowest BCUT2D eigenvalue weighted by Gasteiger charge is -2.23. The van der Waals surface area contributed by atoms with Crippen LogP contribution in [-0.2, 0) is 6.54 Å². The average Bonchev–Trinajstić information content (AvgIpc) is 2.78. The van der Waals surface area contributed by atoms with Crippen molar-refractivity contribution in [1.29, 1.82) is 0 Å². The van der Waals surface area contributed by atoms with Crippen LogP contribution in [-0.4, -0.2) is 17.0 Å². The lowest BCUT2D eigenvalue weighted by Crippen LogP contribution is -2.22. The van der Waals surface area contributed by atoms with Crippen molar-refractivity contribution in [2.24, 2.45) is 0 Å². The van der Waals surface area contributed by atoms with Gasteiger partial charge in [0.2, 0.25) is 0 Å². The van der Waals surface area contributed by atoms with Gasteiger partial charge in [0, 0.05) is 13.1 Å². The van der Waals surface area contributed by atoms with Gasteiger partial charge in [0.05, 0.1) is 6.10 Å². The Labute approximate surface area is 124 Å². The minimum Gasteiger partial charge on any atom is -0.484 e.